The molecule has 0 spiro atoms. The van der Waals surface area contributed by atoms with Gasteiger partial charge in [-0.25, -0.2) is 14.1 Å². The molecule has 9 nitrogen and oxygen atoms in total. The fraction of sp³-hybridized carbons (Fsp3) is 0.346. The van der Waals surface area contributed by atoms with E-state index < -0.39 is 5.82 Å². The minimum Gasteiger partial charge on any atom is -0.497 e. The van der Waals surface area contributed by atoms with Crippen LogP contribution in [0.4, 0.5) is 16.2 Å². The molecule has 0 unspecified atom stereocenters. The number of methoxy groups -OCH3 is 2. The van der Waals surface area contributed by atoms with E-state index in [9.17, 15) is 0 Å². The number of benzene rings is 2. The van der Waals surface area contributed by atoms with E-state index in [4.69, 9.17) is 30.3 Å². The van der Waals surface area contributed by atoms with E-state index in [0.717, 1.165) is 38.3 Å². The van der Waals surface area contributed by atoms with Crippen molar-refractivity contribution >= 4 is 22.8 Å². The number of hydrogen-bond acceptors (Lipinski definition) is 8. The molecule has 36 heavy (non-hydrogen) atoms. The molecule has 0 bridgehead atoms. The maximum atomic E-state index is 15.2. The monoisotopic (exact) mass is 491 g/mol. The van der Waals surface area contributed by atoms with Crippen LogP contribution in [0.15, 0.2) is 48.5 Å². The molecule has 3 heterocycles. The van der Waals surface area contributed by atoms with E-state index in [-0.39, 0.29) is 0 Å². The van der Waals surface area contributed by atoms with Crippen molar-refractivity contribution < 1.29 is 13.9 Å². The van der Waals surface area contributed by atoms with E-state index in [1.807, 2.05) is 30.3 Å². The third-order valence-corrected chi connectivity index (χ3v) is 6.50. The number of ether oxygens (including phenoxy) is 2. The van der Waals surface area contributed by atoms with Gasteiger partial charge in [-0.05, 0) is 17.7 Å². The highest BCUT2D eigenvalue weighted by molar-refractivity contribution is 5.99. The molecule has 0 aliphatic carbocycles. The molecule has 1 saturated heterocycles. The summed E-state index contributed by atoms with van der Waals surface area (Å²) in [6.07, 6.45) is 0. The quantitative estimate of drug-likeness (QED) is 0.402. The predicted molar refractivity (Wildman–Crippen MR) is 138 cm³/mol. The van der Waals surface area contributed by atoms with Gasteiger partial charge < -0.3 is 20.1 Å². The fourth-order valence-electron chi connectivity index (χ4n) is 4.46. The number of anilines is 2. The molecule has 0 atom stereocenters. The summed E-state index contributed by atoms with van der Waals surface area (Å²) in [7, 11) is 3.22. The normalized spacial score (nSPS) is 14.5. The van der Waals surface area contributed by atoms with Crippen molar-refractivity contribution in [3.05, 3.63) is 59.9 Å². The van der Waals surface area contributed by atoms with Crippen LogP contribution in [0, 0.1) is 5.82 Å². The number of halogens is 1. The number of fused-ring (bicyclic) bond motifs is 1. The van der Waals surface area contributed by atoms with Gasteiger partial charge in [-0.15, -0.1) is 5.10 Å². The van der Waals surface area contributed by atoms with Crippen molar-refractivity contribution in [3.63, 3.8) is 0 Å². The summed E-state index contributed by atoms with van der Waals surface area (Å²) in [6, 6.07) is 14.6. The van der Waals surface area contributed by atoms with Crippen LogP contribution in [0.2, 0.25) is 0 Å². The van der Waals surface area contributed by atoms with Gasteiger partial charge in [0.2, 0.25) is 5.95 Å². The standard InChI is InChI=1S/C26H30FN7O2/c1-35-15-14-32-10-12-33(13-11-32)26-29-23(20-9-8-19(36-2)16-21(20)27)22-24(28)34(31-25(22)30-26)17-18-6-4-3-5-7-18/h3-9,16H,10-15,17,28H2,1-2H3. The summed E-state index contributed by atoms with van der Waals surface area (Å²) < 4.78 is 27.3. The molecular formula is C26H30FN7O2. The summed E-state index contributed by atoms with van der Waals surface area (Å²) >= 11 is 0. The second-order valence-corrected chi connectivity index (χ2v) is 8.77. The predicted octanol–water partition coefficient (Wildman–Crippen LogP) is 3.04. The number of nitrogens with two attached hydrogens (primary N) is 1. The lowest BCUT2D eigenvalue weighted by molar-refractivity contribution is 0.144. The van der Waals surface area contributed by atoms with Crippen molar-refractivity contribution in [1.29, 1.82) is 0 Å². The van der Waals surface area contributed by atoms with Crippen LogP contribution in [-0.2, 0) is 11.3 Å². The number of rotatable bonds is 8. The molecule has 188 valence electrons. The molecule has 2 aromatic carbocycles. The van der Waals surface area contributed by atoms with Crippen LogP contribution in [0.1, 0.15) is 5.56 Å². The molecule has 10 heteroatoms. The molecule has 1 fully saturated rings. The van der Waals surface area contributed by atoms with E-state index in [2.05, 4.69) is 9.80 Å². The molecule has 1 aliphatic heterocycles. The number of nitrogen functional groups attached to an aromatic ring is 1. The SMILES string of the molecule is COCCN1CCN(c2nc(-c3ccc(OC)cc3F)c3c(N)n(Cc4ccccc4)nc3n2)CC1. The first-order valence-corrected chi connectivity index (χ1v) is 12.0. The zero-order chi connectivity index (χ0) is 25.1. The Labute approximate surface area is 209 Å². The molecule has 5 rings (SSSR count). The Morgan fingerprint density at radius 2 is 1.78 bits per heavy atom. The van der Waals surface area contributed by atoms with Crippen molar-refractivity contribution in [3.8, 4) is 17.0 Å². The van der Waals surface area contributed by atoms with E-state index in [1.165, 1.54) is 13.2 Å². The summed E-state index contributed by atoms with van der Waals surface area (Å²) in [5, 5.41) is 5.25. The van der Waals surface area contributed by atoms with Gasteiger partial charge in [-0.2, -0.15) is 4.98 Å². The lowest BCUT2D eigenvalue weighted by Gasteiger charge is -2.34. The minimum atomic E-state index is -0.445. The Hall–Kier alpha value is -3.76. The maximum Gasteiger partial charge on any atom is 0.228 e. The van der Waals surface area contributed by atoms with Crippen molar-refractivity contribution in [1.82, 2.24) is 24.6 Å². The largest absolute Gasteiger partial charge is 0.497 e. The lowest BCUT2D eigenvalue weighted by Crippen LogP contribution is -2.47. The topological polar surface area (TPSA) is 94.6 Å². The van der Waals surface area contributed by atoms with Gasteiger partial charge in [0.1, 0.15) is 17.4 Å². The molecule has 0 radical (unpaired) electrons. The highest BCUT2D eigenvalue weighted by atomic mass is 19.1. The third kappa shape index (κ3) is 4.82. The zero-order valence-corrected chi connectivity index (χ0v) is 20.5. The molecular weight excluding hydrogens is 461 g/mol. The van der Waals surface area contributed by atoms with Gasteiger partial charge in [-0.3, -0.25) is 4.90 Å². The first kappa shape index (κ1) is 24.0. The second-order valence-electron chi connectivity index (χ2n) is 8.77. The van der Waals surface area contributed by atoms with Gasteiger partial charge in [-0.1, -0.05) is 30.3 Å². The smallest absolute Gasteiger partial charge is 0.228 e. The first-order valence-electron chi connectivity index (χ1n) is 12.0. The summed E-state index contributed by atoms with van der Waals surface area (Å²) in [4.78, 5) is 14.1. The number of nitrogens with zero attached hydrogens (tertiary/aromatic N) is 6. The second kappa shape index (κ2) is 10.5. The van der Waals surface area contributed by atoms with Crippen LogP contribution in [0.5, 0.6) is 5.75 Å². The third-order valence-electron chi connectivity index (χ3n) is 6.50. The molecule has 2 N–H and O–H groups in total. The van der Waals surface area contributed by atoms with Crippen molar-refractivity contribution in [2.24, 2.45) is 0 Å². The van der Waals surface area contributed by atoms with Gasteiger partial charge in [0.15, 0.2) is 5.65 Å². The zero-order valence-electron chi connectivity index (χ0n) is 20.5. The van der Waals surface area contributed by atoms with E-state index in [1.54, 1.807) is 23.9 Å². The number of piperazine rings is 1. The Morgan fingerprint density at radius 1 is 1.00 bits per heavy atom. The van der Waals surface area contributed by atoms with Gasteiger partial charge in [0.05, 0.1) is 31.3 Å². The highest BCUT2D eigenvalue weighted by Gasteiger charge is 2.25. The first-order chi connectivity index (χ1) is 17.6. The average Bonchev–Trinajstić information content (AvgIpc) is 3.22. The van der Waals surface area contributed by atoms with Crippen LogP contribution in [-0.4, -0.2) is 78.2 Å². The molecule has 4 aromatic rings. The molecule has 0 saturated carbocycles. The Kier molecular flexibility index (Phi) is 6.97. The summed E-state index contributed by atoms with van der Waals surface area (Å²) in [6.45, 7) is 5.28. The van der Waals surface area contributed by atoms with Gasteiger partial charge >= 0.3 is 0 Å². The van der Waals surface area contributed by atoms with Crippen LogP contribution in [0.3, 0.4) is 0 Å². The van der Waals surface area contributed by atoms with Crippen molar-refractivity contribution in [2.75, 3.05) is 64.2 Å². The van der Waals surface area contributed by atoms with Crippen LogP contribution in [0.25, 0.3) is 22.3 Å². The Bertz CT molecular complexity index is 1340. The number of hydrogen-bond donors (Lipinski definition) is 1. The van der Waals surface area contributed by atoms with E-state index >= 15 is 4.39 Å². The Morgan fingerprint density at radius 3 is 2.47 bits per heavy atom. The summed E-state index contributed by atoms with van der Waals surface area (Å²) in [5.74, 6) is 0.903. The van der Waals surface area contributed by atoms with Crippen LogP contribution >= 0.6 is 0 Å². The van der Waals surface area contributed by atoms with Gasteiger partial charge in [0.25, 0.3) is 0 Å². The molecule has 1 aliphatic rings. The highest BCUT2D eigenvalue weighted by Crippen LogP contribution is 2.35. The Balaban J connectivity index is 1.57. The van der Waals surface area contributed by atoms with Gasteiger partial charge in [0, 0.05) is 51.5 Å². The van der Waals surface area contributed by atoms with Crippen molar-refractivity contribution in [2.45, 2.75) is 6.54 Å². The average molecular weight is 492 g/mol. The minimum absolute atomic E-state index is 0.328. The lowest BCUT2D eigenvalue weighted by atomic mass is 10.1. The summed E-state index contributed by atoms with van der Waals surface area (Å²) in [5.41, 5.74) is 8.81. The molecule has 2 aromatic heterocycles. The van der Waals surface area contributed by atoms with Crippen LogP contribution < -0.4 is 15.4 Å². The number of aromatic nitrogens is 4. The molecule has 0 amide bonds. The van der Waals surface area contributed by atoms with E-state index in [0.29, 0.717) is 53.0 Å². The maximum absolute atomic E-state index is 15.2. The fourth-order valence-corrected chi connectivity index (χ4v) is 4.46.